The average Bonchev–Trinajstić information content (AvgIpc) is 2.07. The summed E-state index contributed by atoms with van der Waals surface area (Å²) in [6.45, 7) is 11.5. The van der Waals surface area contributed by atoms with Crippen LogP contribution in [0.5, 0.6) is 0 Å². The van der Waals surface area contributed by atoms with Crippen LogP contribution in [0.25, 0.3) is 0 Å². The summed E-state index contributed by atoms with van der Waals surface area (Å²) in [7, 11) is -3.17. The first-order valence-corrected chi connectivity index (χ1v) is 7.87. The Labute approximate surface area is 107 Å². The lowest BCUT2D eigenvalue weighted by Crippen LogP contribution is -2.40. The van der Waals surface area contributed by atoms with E-state index in [1.165, 1.54) is 0 Å². The summed E-state index contributed by atoms with van der Waals surface area (Å²) in [6.07, 6.45) is 0.718. The number of rotatable bonds is 7. The highest BCUT2D eigenvalue weighted by Gasteiger charge is 2.27. The molecule has 0 unspecified atom stereocenters. The molecule has 0 saturated heterocycles. The van der Waals surface area contributed by atoms with E-state index in [0.29, 0.717) is 25.6 Å². The van der Waals surface area contributed by atoms with Gasteiger partial charge in [0.25, 0.3) is 0 Å². The Morgan fingerprint density at radius 1 is 1.24 bits per heavy atom. The first-order valence-electron chi connectivity index (χ1n) is 6.26. The monoisotopic (exact) mass is 264 g/mol. The van der Waals surface area contributed by atoms with Gasteiger partial charge in [-0.25, -0.2) is 12.7 Å². The molecule has 0 heterocycles. The Balaban J connectivity index is 4.76. The summed E-state index contributed by atoms with van der Waals surface area (Å²) in [6, 6.07) is 0. The van der Waals surface area contributed by atoms with Crippen LogP contribution in [0.15, 0.2) is 0 Å². The maximum absolute atomic E-state index is 12.3. The van der Waals surface area contributed by atoms with E-state index < -0.39 is 10.0 Å². The van der Waals surface area contributed by atoms with Gasteiger partial charge in [0.15, 0.2) is 0 Å². The number of hydrogen-bond donors (Lipinski definition) is 1. The topological polar surface area (TPSA) is 63.4 Å². The molecule has 0 bridgehead atoms. The summed E-state index contributed by atoms with van der Waals surface area (Å²) in [5.74, 6) is 0.527. The molecule has 0 atom stereocenters. The van der Waals surface area contributed by atoms with Crippen LogP contribution in [-0.4, -0.2) is 38.1 Å². The summed E-state index contributed by atoms with van der Waals surface area (Å²) in [5, 5.41) is 0. The third kappa shape index (κ3) is 7.73. The van der Waals surface area contributed by atoms with Crippen LogP contribution in [0, 0.1) is 11.3 Å². The summed E-state index contributed by atoms with van der Waals surface area (Å²) in [5.41, 5.74) is 5.25. The minimum atomic E-state index is -3.17. The number of sulfonamides is 1. The first-order chi connectivity index (χ1) is 7.58. The van der Waals surface area contributed by atoms with Gasteiger partial charge in [0.05, 0.1) is 5.75 Å². The number of nitrogens with zero attached hydrogens (tertiary/aromatic N) is 1. The molecule has 17 heavy (non-hydrogen) atoms. The summed E-state index contributed by atoms with van der Waals surface area (Å²) >= 11 is 0. The maximum Gasteiger partial charge on any atom is 0.214 e. The highest BCUT2D eigenvalue weighted by molar-refractivity contribution is 7.89. The van der Waals surface area contributed by atoms with E-state index in [-0.39, 0.29) is 11.2 Å². The largest absolute Gasteiger partial charge is 0.330 e. The molecule has 0 rings (SSSR count). The molecular weight excluding hydrogens is 236 g/mol. The molecule has 5 heteroatoms. The fourth-order valence-corrected chi connectivity index (χ4v) is 3.87. The second-order valence-electron chi connectivity index (χ2n) is 6.21. The minimum Gasteiger partial charge on any atom is -0.330 e. The molecule has 0 aromatic carbocycles. The van der Waals surface area contributed by atoms with Gasteiger partial charge in [-0.15, -0.1) is 0 Å². The van der Waals surface area contributed by atoms with Crippen molar-refractivity contribution in [3.8, 4) is 0 Å². The smallest absolute Gasteiger partial charge is 0.214 e. The van der Waals surface area contributed by atoms with Crippen molar-refractivity contribution in [1.29, 1.82) is 0 Å². The Hall–Kier alpha value is -0.130. The highest BCUT2D eigenvalue weighted by atomic mass is 32.2. The van der Waals surface area contributed by atoms with Crippen molar-refractivity contribution in [2.24, 2.45) is 17.1 Å². The lowest BCUT2D eigenvalue weighted by molar-refractivity contribution is 0.352. The predicted octanol–water partition coefficient (Wildman–Crippen LogP) is 1.67. The van der Waals surface area contributed by atoms with Gasteiger partial charge in [0.1, 0.15) is 0 Å². The molecule has 0 aliphatic carbocycles. The molecule has 0 aliphatic heterocycles. The van der Waals surface area contributed by atoms with Crippen molar-refractivity contribution in [2.75, 3.05) is 25.4 Å². The molecule has 0 aromatic rings. The second kappa shape index (κ2) is 6.71. The number of nitrogens with two attached hydrogens (primary N) is 1. The van der Waals surface area contributed by atoms with Gasteiger partial charge < -0.3 is 5.73 Å². The van der Waals surface area contributed by atoms with Crippen LogP contribution in [0.4, 0.5) is 0 Å². The quantitative estimate of drug-likeness (QED) is 0.761. The molecule has 0 fully saturated rings. The van der Waals surface area contributed by atoms with E-state index in [9.17, 15) is 8.42 Å². The van der Waals surface area contributed by atoms with E-state index in [4.69, 9.17) is 5.73 Å². The summed E-state index contributed by atoms with van der Waals surface area (Å²) in [4.78, 5) is 0. The molecule has 2 N–H and O–H groups in total. The molecular formula is C12H28N2O2S. The lowest BCUT2D eigenvalue weighted by Gasteiger charge is -2.27. The summed E-state index contributed by atoms with van der Waals surface area (Å²) < 4.78 is 26.1. The highest BCUT2D eigenvalue weighted by Crippen LogP contribution is 2.19. The average molecular weight is 264 g/mol. The molecule has 0 aliphatic rings. The van der Waals surface area contributed by atoms with Crippen LogP contribution >= 0.6 is 0 Å². The fourth-order valence-electron chi connectivity index (χ4n) is 1.66. The van der Waals surface area contributed by atoms with Crippen molar-refractivity contribution in [3.63, 3.8) is 0 Å². The fraction of sp³-hybridized carbons (Fsp3) is 1.00. The zero-order valence-corrected chi connectivity index (χ0v) is 12.7. The molecule has 0 aromatic heterocycles. The second-order valence-corrected chi connectivity index (χ2v) is 8.18. The predicted molar refractivity (Wildman–Crippen MR) is 73.3 cm³/mol. The normalized spacial score (nSPS) is 13.6. The van der Waals surface area contributed by atoms with Crippen LogP contribution in [0.2, 0.25) is 0 Å². The third-order valence-electron chi connectivity index (χ3n) is 2.19. The van der Waals surface area contributed by atoms with E-state index in [1.54, 1.807) is 4.31 Å². The van der Waals surface area contributed by atoms with Crippen LogP contribution in [-0.2, 0) is 10.0 Å². The molecule has 104 valence electrons. The molecule has 0 saturated carbocycles. The van der Waals surface area contributed by atoms with Gasteiger partial charge in [-0.05, 0) is 24.3 Å². The minimum absolute atomic E-state index is 0.192. The zero-order chi connectivity index (χ0) is 13.7. The van der Waals surface area contributed by atoms with Gasteiger partial charge in [0.2, 0.25) is 10.0 Å². The van der Waals surface area contributed by atoms with Gasteiger partial charge in [0, 0.05) is 13.1 Å². The Morgan fingerprint density at radius 3 is 2.12 bits per heavy atom. The molecule has 0 amide bonds. The van der Waals surface area contributed by atoms with Gasteiger partial charge in [-0.1, -0.05) is 34.6 Å². The van der Waals surface area contributed by atoms with Crippen molar-refractivity contribution < 1.29 is 8.42 Å². The van der Waals surface area contributed by atoms with E-state index >= 15 is 0 Å². The standard InChI is InChI=1S/C12H28N2O2S/c1-11(2)9-14(8-6-7-13)17(15,16)10-12(3,4)5/h11H,6-10,13H2,1-5H3. The Bertz CT molecular complexity index is 305. The lowest BCUT2D eigenvalue weighted by atomic mass is 10.0. The third-order valence-corrected chi connectivity index (χ3v) is 4.54. The Kier molecular flexibility index (Phi) is 6.66. The van der Waals surface area contributed by atoms with E-state index in [0.717, 1.165) is 6.42 Å². The first kappa shape index (κ1) is 16.9. The van der Waals surface area contributed by atoms with E-state index in [2.05, 4.69) is 0 Å². The van der Waals surface area contributed by atoms with E-state index in [1.807, 2.05) is 34.6 Å². The van der Waals surface area contributed by atoms with Crippen molar-refractivity contribution >= 4 is 10.0 Å². The SMILES string of the molecule is CC(C)CN(CCCN)S(=O)(=O)CC(C)(C)C. The maximum atomic E-state index is 12.3. The van der Waals surface area contributed by atoms with Gasteiger partial charge in [-0.2, -0.15) is 0 Å². The number of hydrogen-bond acceptors (Lipinski definition) is 3. The molecule has 0 radical (unpaired) electrons. The van der Waals surface area contributed by atoms with Crippen LogP contribution in [0.3, 0.4) is 0 Å². The van der Waals surface area contributed by atoms with Crippen molar-refractivity contribution in [1.82, 2.24) is 4.31 Å². The van der Waals surface area contributed by atoms with Crippen LogP contribution < -0.4 is 5.73 Å². The van der Waals surface area contributed by atoms with Gasteiger partial charge in [-0.3, -0.25) is 0 Å². The Morgan fingerprint density at radius 2 is 1.76 bits per heavy atom. The van der Waals surface area contributed by atoms with Crippen LogP contribution in [0.1, 0.15) is 41.0 Å². The molecule has 4 nitrogen and oxygen atoms in total. The van der Waals surface area contributed by atoms with Crippen molar-refractivity contribution in [2.45, 2.75) is 41.0 Å². The van der Waals surface area contributed by atoms with Crippen molar-refractivity contribution in [3.05, 3.63) is 0 Å². The zero-order valence-electron chi connectivity index (χ0n) is 11.9. The molecule has 0 spiro atoms. The van der Waals surface area contributed by atoms with Gasteiger partial charge >= 0.3 is 0 Å².